The monoisotopic (exact) mass is 181 g/mol. The van der Waals surface area contributed by atoms with E-state index in [1.807, 2.05) is 31.0 Å². The van der Waals surface area contributed by atoms with Crippen molar-refractivity contribution in [1.82, 2.24) is 15.1 Å². The molecule has 0 spiro atoms. The molecule has 1 N–H and O–H groups in total. The average Bonchev–Trinajstić information content (AvgIpc) is 2.71. The molecule has 0 aromatic carbocycles. The van der Waals surface area contributed by atoms with Crippen molar-refractivity contribution >= 4 is 0 Å². The van der Waals surface area contributed by atoms with Crippen molar-refractivity contribution in [2.45, 2.75) is 18.6 Å². The Morgan fingerprint density at radius 2 is 2.54 bits per heavy atom. The summed E-state index contributed by atoms with van der Waals surface area (Å²) in [6.45, 7) is 0.826. The molecule has 1 aliphatic rings. The average molecular weight is 181 g/mol. The van der Waals surface area contributed by atoms with Crippen molar-refractivity contribution in [3.63, 3.8) is 0 Å². The number of hydrogen-bond donors (Lipinski definition) is 1. The van der Waals surface area contributed by atoms with Gasteiger partial charge < -0.3 is 10.1 Å². The highest BCUT2D eigenvalue weighted by atomic mass is 16.5. The molecule has 13 heavy (non-hydrogen) atoms. The van der Waals surface area contributed by atoms with E-state index < -0.39 is 0 Å². The molecule has 1 aliphatic heterocycles. The maximum atomic E-state index is 5.62. The van der Waals surface area contributed by atoms with Gasteiger partial charge in [0.25, 0.3) is 0 Å². The molecule has 0 saturated carbocycles. The van der Waals surface area contributed by atoms with Crippen molar-refractivity contribution in [1.29, 1.82) is 0 Å². The molecule has 2 rings (SSSR count). The lowest BCUT2D eigenvalue weighted by Gasteiger charge is -2.15. The summed E-state index contributed by atoms with van der Waals surface area (Å²) in [7, 11) is 3.89. The normalized spacial score (nSPS) is 28.2. The van der Waals surface area contributed by atoms with E-state index in [1.54, 1.807) is 0 Å². The van der Waals surface area contributed by atoms with Gasteiger partial charge in [-0.25, -0.2) is 0 Å². The van der Waals surface area contributed by atoms with Gasteiger partial charge in [0, 0.05) is 25.9 Å². The molecule has 1 aromatic heterocycles. The van der Waals surface area contributed by atoms with Crippen molar-refractivity contribution < 1.29 is 4.74 Å². The summed E-state index contributed by atoms with van der Waals surface area (Å²) in [5, 5.41) is 7.59. The van der Waals surface area contributed by atoms with Crippen molar-refractivity contribution in [3.05, 3.63) is 18.0 Å². The molecule has 72 valence electrons. The van der Waals surface area contributed by atoms with Crippen LogP contribution in [-0.4, -0.2) is 29.5 Å². The first kappa shape index (κ1) is 8.72. The van der Waals surface area contributed by atoms with E-state index in [-0.39, 0.29) is 6.10 Å². The first-order valence-corrected chi connectivity index (χ1v) is 4.59. The van der Waals surface area contributed by atoms with E-state index in [0.717, 1.165) is 18.7 Å². The Morgan fingerprint density at radius 1 is 1.69 bits per heavy atom. The number of aryl methyl sites for hydroxylation is 1. The third kappa shape index (κ3) is 1.59. The summed E-state index contributed by atoms with van der Waals surface area (Å²) in [6, 6.07) is 2.43. The third-order valence-corrected chi connectivity index (χ3v) is 2.49. The fourth-order valence-corrected chi connectivity index (χ4v) is 1.76. The highest BCUT2D eigenvalue weighted by Gasteiger charge is 2.29. The Morgan fingerprint density at radius 3 is 3.15 bits per heavy atom. The van der Waals surface area contributed by atoms with Crippen LogP contribution in [0.4, 0.5) is 0 Å². The second-order valence-electron chi connectivity index (χ2n) is 3.39. The fraction of sp³-hybridized carbons (Fsp3) is 0.667. The van der Waals surface area contributed by atoms with Crippen LogP contribution in [0.15, 0.2) is 12.3 Å². The smallest absolute Gasteiger partial charge is 0.117 e. The second-order valence-corrected chi connectivity index (χ2v) is 3.39. The summed E-state index contributed by atoms with van der Waals surface area (Å²) in [4.78, 5) is 0. The minimum Gasteiger partial charge on any atom is -0.370 e. The molecule has 1 saturated heterocycles. The van der Waals surface area contributed by atoms with Crippen LogP contribution in [0.3, 0.4) is 0 Å². The zero-order valence-corrected chi connectivity index (χ0v) is 8.03. The standard InChI is InChI=1S/C9H15N3O/c1-10-7-4-6-13-9(7)8-3-5-12(2)11-8/h3,5,7,9-10H,4,6H2,1-2H3/t7-,9-/m0/s1. The zero-order chi connectivity index (χ0) is 9.26. The lowest BCUT2D eigenvalue weighted by atomic mass is 10.1. The van der Waals surface area contributed by atoms with Crippen LogP contribution in [0.25, 0.3) is 0 Å². The molecule has 1 aromatic rings. The van der Waals surface area contributed by atoms with Crippen LogP contribution in [0.1, 0.15) is 18.2 Å². The van der Waals surface area contributed by atoms with Gasteiger partial charge in [-0.05, 0) is 19.5 Å². The molecule has 4 nitrogen and oxygen atoms in total. The van der Waals surface area contributed by atoms with E-state index in [1.165, 1.54) is 0 Å². The van der Waals surface area contributed by atoms with E-state index >= 15 is 0 Å². The summed E-state index contributed by atoms with van der Waals surface area (Å²) >= 11 is 0. The SMILES string of the molecule is CN[C@H]1CCO[C@@H]1c1ccn(C)n1. The van der Waals surface area contributed by atoms with E-state index in [2.05, 4.69) is 10.4 Å². The number of aromatic nitrogens is 2. The summed E-state index contributed by atoms with van der Waals surface area (Å²) < 4.78 is 7.43. The Kier molecular flexibility index (Phi) is 2.33. The van der Waals surface area contributed by atoms with Crippen molar-refractivity contribution in [3.8, 4) is 0 Å². The largest absolute Gasteiger partial charge is 0.370 e. The van der Waals surface area contributed by atoms with E-state index in [9.17, 15) is 0 Å². The zero-order valence-electron chi connectivity index (χ0n) is 8.03. The lowest BCUT2D eigenvalue weighted by Crippen LogP contribution is -2.28. The van der Waals surface area contributed by atoms with Gasteiger partial charge in [-0.3, -0.25) is 4.68 Å². The van der Waals surface area contributed by atoms with E-state index in [4.69, 9.17) is 4.74 Å². The van der Waals surface area contributed by atoms with Crippen LogP contribution in [0, 0.1) is 0 Å². The minimum absolute atomic E-state index is 0.131. The molecule has 0 amide bonds. The number of likely N-dealkylation sites (N-methyl/N-ethyl adjacent to an activating group) is 1. The Labute approximate surface area is 77.9 Å². The van der Waals surface area contributed by atoms with Crippen LogP contribution in [-0.2, 0) is 11.8 Å². The van der Waals surface area contributed by atoms with Crippen molar-refractivity contribution in [2.75, 3.05) is 13.7 Å². The quantitative estimate of drug-likeness (QED) is 0.721. The molecule has 1 fully saturated rings. The van der Waals surface area contributed by atoms with Crippen LogP contribution < -0.4 is 5.32 Å². The number of hydrogen-bond acceptors (Lipinski definition) is 3. The van der Waals surface area contributed by atoms with Crippen LogP contribution in [0.5, 0.6) is 0 Å². The first-order valence-electron chi connectivity index (χ1n) is 4.59. The molecule has 0 radical (unpaired) electrons. The minimum atomic E-state index is 0.131. The molecule has 2 heterocycles. The predicted molar refractivity (Wildman–Crippen MR) is 49.4 cm³/mol. The highest BCUT2D eigenvalue weighted by molar-refractivity contribution is 5.07. The number of nitrogens with zero attached hydrogens (tertiary/aromatic N) is 2. The third-order valence-electron chi connectivity index (χ3n) is 2.49. The van der Waals surface area contributed by atoms with Gasteiger partial charge in [0.1, 0.15) is 6.10 Å². The summed E-state index contributed by atoms with van der Waals surface area (Å²) in [6.07, 6.45) is 3.15. The fourth-order valence-electron chi connectivity index (χ4n) is 1.76. The Bertz CT molecular complexity index is 284. The Balaban J connectivity index is 2.15. The summed E-state index contributed by atoms with van der Waals surface area (Å²) in [5.74, 6) is 0. The topological polar surface area (TPSA) is 39.1 Å². The summed E-state index contributed by atoms with van der Waals surface area (Å²) in [5.41, 5.74) is 1.03. The number of ether oxygens (including phenoxy) is 1. The van der Waals surface area contributed by atoms with Gasteiger partial charge in [-0.2, -0.15) is 5.10 Å². The second kappa shape index (κ2) is 3.47. The molecule has 0 bridgehead atoms. The van der Waals surface area contributed by atoms with Gasteiger partial charge >= 0.3 is 0 Å². The Hall–Kier alpha value is -0.870. The molecular weight excluding hydrogens is 166 g/mol. The van der Waals surface area contributed by atoms with E-state index in [0.29, 0.717) is 6.04 Å². The molecule has 2 atom stereocenters. The first-order chi connectivity index (χ1) is 6.31. The highest BCUT2D eigenvalue weighted by Crippen LogP contribution is 2.27. The number of rotatable bonds is 2. The maximum absolute atomic E-state index is 5.62. The van der Waals surface area contributed by atoms with Gasteiger partial charge in [-0.15, -0.1) is 0 Å². The predicted octanol–water partition coefficient (Wildman–Crippen LogP) is 0.469. The number of nitrogens with one attached hydrogen (secondary N) is 1. The van der Waals surface area contributed by atoms with Crippen molar-refractivity contribution in [2.24, 2.45) is 7.05 Å². The van der Waals surface area contributed by atoms with Gasteiger partial charge in [0.05, 0.1) is 5.69 Å². The van der Waals surface area contributed by atoms with Crippen LogP contribution >= 0.6 is 0 Å². The molecule has 4 heteroatoms. The van der Waals surface area contributed by atoms with Gasteiger partial charge in [0.2, 0.25) is 0 Å². The van der Waals surface area contributed by atoms with Crippen LogP contribution in [0.2, 0.25) is 0 Å². The van der Waals surface area contributed by atoms with Gasteiger partial charge in [-0.1, -0.05) is 0 Å². The molecule has 0 aliphatic carbocycles. The van der Waals surface area contributed by atoms with Gasteiger partial charge in [0.15, 0.2) is 0 Å². The molecular formula is C9H15N3O. The maximum Gasteiger partial charge on any atom is 0.117 e. The molecule has 0 unspecified atom stereocenters. The lowest BCUT2D eigenvalue weighted by molar-refractivity contribution is 0.0963.